The van der Waals surface area contributed by atoms with Gasteiger partial charge in [0.2, 0.25) is 0 Å². The van der Waals surface area contributed by atoms with Crippen molar-refractivity contribution >= 4 is 10.9 Å². The number of aliphatic hydroxyl groups excluding tert-OH is 1. The molecule has 3 rings (SSSR count). The topological polar surface area (TPSA) is 88.0 Å². The Kier molecular flexibility index (Phi) is 5.12. The number of benzene rings is 1. The Morgan fingerprint density at radius 3 is 3.04 bits per heavy atom. The van der Waals surface area contributed by atoms with Gasteiger partial charge in [0.25, 0.3) is 0 Å². The van der Waals surface area contributed by atoms with Crippen LogP contribution in [0.2, 0.25) is 0 Å². The predicted molar refractivity (Wildman–Crippen MR) is 91.9 cm³/mol. The minimum atomic E-state index is -0.597. The maximum Gasteiger partial charge on any atom is 0.130 e. The molecule has 2 aromatic heterocycles. The number of nitrogens with zero attached hydrogens (tertiary/aromatic N) is 3. The van der Waals surface area contributed by atoms with E-state index in [1.165, 1.54) is 0 Å². The molecular weight excluding hydrogens is 306 g/mol. The minimum Gasteiger partial charge on any atom is -0.490 e. The van der Waals surface area contributed by atoms with E-state index in [1.807, 2.05) is 49.0 Å². The highest BCUT2D eigenvalue weighted by Gasteiger charge is 2.10. The van der Waals surface area contributed by atoms with E-state index in [-0.39, 0.29) is 6.61 Å². The molecule has 0 saturated carbocycles. The van der Waals surface area contributed by atoms with Crippen molar-refractivity contribution < 1.29 is 9.84 Å². The molecular formula is C17H23N5O2. The molecule has 0 amide bonds. The van der Waals surface area contributed by atoms with Crippen molar-refractivity contribution in [3.63, 3.8) is 0 Å². The van der Waals surface area contributed by atoms with Crippen LogP contribution < -0.4 is 10.1 Å². The lowest BCUT2D eigenvalue weighted by molar-refractivity contribution is 0.107. The van der Waals surface area contributed by atoms with E-state index < -0.39 is 6.10 Å². The molecule has 0 fully saturated rings. The number of nitrogens with one attached hydrogen (secondary N) is 2. The Balaban J connectivity index is 1.48. The minimum absolute atomic E-state index is 0.222. The van der Waals surface area contributed by atoms with Gasteiger partial charge in [-0.05, 0) is 32.0 Å². The van der Waals surface area contributed by atoms with E-state index in [1.54, 1.807) is 0 Å². The van der Waals surface area contributed by atoms with Gasteiger partial charge in [-0.1, -0.05) is 6.07 Å². The Bertz CT molecular complexity index is 795. The van der Waals surface area contributed by atoms with Gasteiger partial charge in [-0.15, -0.1) is 0 Å². The zero-order valence-electron chi connectivity index (χ0n) is 14.0. The summed E-state index contributed by atoms with van der Waals surface area (Å²) in [5.74, 6) is 0.736. The lowest BCUT2D eigenvalue weighted by Gasteiger charge is -2.13. The highest BCUT2D eigenvalue weighted by Crippen LogP contribution is 2.26. The van der Waals surface area contributed by atoms with E-state index in [2.05, 4.69) is 20.6 Å². The first-order chi connectivity index (χ1) is 11.7. The number of rotatable bonds is 8. The summed E-state index contributed by atoms with van der Waals surface area (Å²) < 4.78 is 7.65. The molecule has 3 N–H and O–H groups in total. The molecule has 0 aliphatic carbocycles. The Morgan fingerprint density at radius 2 is 2.25 bits per heavy atom. The van der Waals surface area contributed by atoms with Crippen molar-refractivity contribution in [3.05, 3.63) is 41.9 Å². The number of aryl methyl sites for hydroxylation is 2. The fraction of sp³-hybridized carbons (Fsp3) is 0.412. The number of aromatic nitrogens is 4. The zero-order chi connectivity index (χ0) is 16.9. The van der Waals surface area contributed by atoms with Crippen molar-refractivity contribution in [2.24, 2.45) is 0 Å². The van der Waals surface area contributed by atoms with Crippen molar-refractivity contribution in [2.75, 3.05) is 13.2 Å². The van der Waals surface area contributed by atoms with Gasteiger partial charge in [0.05, 0.1) is 16.6 Å². The Labute approximate surface area is 140 Å². The summed E-state index contributed by atoms with van der Waals surface area (Å²) >= 11 is 0. The molecule has 128 valence electrons. The van der Waals surface area contributed by atoms with Crippen LogP contribution in [-0.2, 0) is 13.1 Å². The first kappa shape index (κ1) is 16.5. The van der Waals surface area contributed by atoms with Crippen LogP contribution in [0.5, 0.6) is 5.75 Å². The molecule has 0 unspecified atom stereocenters. The number of aromatic amines is 1. The number of fused-ring (bicyclic) bond motifs is 1. The number of aliphatic hydroxyl groups is 1. The molecule has 0 spiro atoms. The van der Waals surface area contributed by atoms with Crippen molar-refractivity contribution in [1.82, 2.24) is 25.3 Å². The molecule has 0 aliphatic heterocycles. The van der Waals surface area contributed by atoms with Gasteiger partial charge in [0, 0.05) is 31.5 Å². The van der Waals surface area contributed by atoms with Gasteiger partial charge in [-0.2, -0.15) is 10.2 Å². The first-order valence-electron chi connectivity index (χ1n) is 8.15. The number of ether oxygens (including phenoxy) is 1. The van der Waals surface area contributed by atoms with Gasteiger partial charge < -0.3 is 15.2 Å². The highest BCUT2D eigenvalue weighted by atomic mass is 16.5. The third kappa shape index (κ3) is 3.74. The molecule has 2 heterocycles. The third-order valence-corrected chi connectivity index (χ3v) is 3.86. The van der Waals surface area contributed by atoms with Crippen LogP contribution in [-0.4, -0.2) is 44.3 Å². The molecule has 24 heavy (non-hydrogen) atoms. The zero-order valence-corrected chi connectivity index (χ0v) is 14.0. The van der Waals surface area contributed by atoms with Gasteiger partial charge in [0.15, 0.2) is 0 Å². The molecule has 3 aromatic rings. The van der Waals surface area contributed by atoms with Crippen molar-refractivity contribution in [1.29, 1.82) is 0 Å². The molecule has 0 radical (unpaired) electrons. The van der Waals surface area contributed by atoms with E-state index >= 15 is 0 Å². The summed E-state index contributed by atoms with van der Waals surface area (Å²) in [5.41, 5.74) is 2.78. The Hall–Kier alpha value is -2.38. The third-order valence-electron chi connectivity index (χ3n) is 3.86. The van der Waals surface area contributed by atoms with Crippen LogP contribution in [0.1, 0.15) is 18.3 Å². The second kappa shape index (κ2) is 7.46. The molecule has 7 heteroatoms. The SMILES string of the molecule is CCn1ccc(CNC[C@H](O)COc2cccc3n[nH]c(C)c23)n1. The number of hydrogen-bond donors (Lipinski definition) is 3. The molecule has 7 nitrogen and oxygen atoms in total. The van der Waals surface area contributed by atoms with Crippen LogP contribution in [0.4, 0.5) is 0 Å². The summed E-state index contributed by atoms with van der Waals surface area (Å²) in [4.78, 5) is 0. The lowest BCUT2D eigenvalue weighted by Crippen LogP contribution is -2.31. The van der Waals surface area contributed by atoms with E-state index in [4.69, 9.17) is 4.74 Å². The fourth-order valence-electron chi connectivity index (χ4n) is 2.60. The average Bonchev–Trinajstić information content (AvgIpc) is 3.20. The van der Waals surface area contributed by atoms with Crippen molar-refractivity contribution in [2.45, 2.75) is 33.0 Å². The molecule has 1 aromatic carbocycles. The number of hydrogen-bond acceptors (Lipinski definition) is 5. The smallest absolute Gasteiger partial charge is 0.130 e. The number of H-pyrrole nitrogens is 1. The fourth-order valence-corrected chi connectivity index (χ4v) is 2.60. The largest absolute Gasteiger partial charge is 0.490 e. The van der Waals surface area contributed by atoms with Crippen molar-refractivity contribution in [3.8, 4) is 5.75 Å². The summed E-state index contributed by atoms with van der Waals surface area (Å²) in [6.07, 6.45) is 1.35. The standard InChI is InChI=1S/C17H23N5O2/c1-3-22-8-7-13(21-22)9-18-10-14(23)11-24-16-6-4-5-15-17(16)12(2)19-20-15/h4-8,14,18,23H,3,9-11H2,1-2H3,(H,19,20)/t14-/m0/s1. The normalized spacial score (nSPS) is 12.6. The highest BCUT2D eigenvalue weighted by molar-refractivity contribution is 5.87. The second-order valence-electron chi connectivity index (χ2n) is 5.76. The Morgan fingerprint density at radius 1 is 1.38 bits per heavy atom. The van der Waals surface area contributed by atoms with E-state index in [9.17, 15) is 5.11 Å². The van der Waals surface area contributed by atoms with E-state index in [0.29, 0.717) is 13.1 Å². The summed E-state index contributed by atoms with van der Waals surface area (Å²) in [6, 6.07) is 7.69. The van der Waals surface area contributed by atoms with Crippen LogP contribution in [0.3, 0.4) is 0 Å². The maximum absolute atomic E-state index is 10.1. The van der Waals surface area contributed by atoms with Gasteiger partial charge in [-0.3, -0.25) is 9.78 Å². The van der Waals surface area contributed by atoms with Crippen LogP contribution >= 0.6 is 0 Å². The lowest BCUT2D eigenvalue weighted by atomic mass is 10.2. The molecule has 0 aliphatic rings. The van der Waals surface area contributed by atoms with Gasteiger partial charge in [0.1, 0.15) is 18.5 Å². The summed E-state index contributed by atoms with van der Waals surface area (Å²) in [7, 11) is 0. The average molecular weight is 329 g/mol. The second-order valence-corrected chi connectivity index (χ2v) is 5.76. The summed E-state index contributed by atoms with van der Waals surface area (Å²) in [6.45, 7) is 6.15. The van der Waals surface area contributed by atoms with Gasteiger partial charge in [-0.25, -0.2) is 0 Å². The summed E-state index contributed by atoms with van der Waals surface area (Å²) in [5, 5.41) is 25.8. The maximum atomic E-state index is 10.1. The quantitative estimate of drug-likeness (QED) is 0.584. The molecule has 0 saturated heterocycles. The van der Waals surface area contributed by atoms with Crippen LogP contribution in [0, 0.1) is 6.92 Å². The molecule has 0 bridgehead atoms. The monoisotopic (exact) mass is 329 g/mol. The molecule has 1 atom stereocenters. The predicted octanol–water partition coefficient (Wildman–Crippen LogP) is 1.62. The van der Waals surface area contributed by atoms with Crippen LogP contribution in [0.25, 0.3) is 10.9 Å². The van der Waals surface area contributed by atoms with E-state index in [0.717, 1.165) is 34.6 Å². The van der Waals surface area contributed by atoms with Crippen LogP contribution in [0.15, 0.2) is 30.5 Å². The van der Waals surface area contributed by atoms with Gasteiger partial charge >= 0.3 is 0 Å². The first-order valence-corrected chi connectivity index (χ1v) is 8.15.